The maximum absolute atomic E-state index is 14.0. The monoisotopic (exact) mass is 621 g/mol. The summed E-state index contributed by atoms with van der Waals surface area (Å²) in [6.07, 6.45) is 9.83. The van der Waals surface area contributed by atoms with E-state index in [-0.39, 0.29) is 12.5 Å². The summed E-state index contributed by atoms with van der Waals surface area (Å²) in [7, 11) is 3.44. The van der Waals surface area contributed by atoms with E-state index in [1.165, 1.54) is 49.7 Å². The van der Waals surface area contributed by atoms with Crippen LogP contribution in [0.3, 0.4) is 0 Å². The molecule has 0 radical (unpaired) electrons. The molecule has 2 aromatic heterocycles. The predicted molar refractivity (Wildman–Crippen MR) is 174 cm³/mol. The van der Waals surface area contributed by atoms with Crippen molar-refractivity contribution in [1.82, 2.24) is 9.88 Å². The first kappa shape index (κ1) is 32.2. The van der Waals surface area contributed by atoms with Crippen molar-refractivity contribution in [1.29, 1.82) is 0 Å². The van der Waals surface area contributed by atoms with Gasteiger partial charge >= 0.3 is 0 Å². The molecule has 0 spiro atoms. The standard InChI is InChI=1S/C35H47N3O5S/c1-8-23-15-25-17-24(18-26(25)16-23)20-43-29(27-11-9-10-12-28(27)41-7)19-38(21-39)34-30(33(40)37(6)35(3,4)5)22(2)31(44-34)32-36-13-14-42-32/h9-14,21,23-26,29H,8,15-20H2,1-7H3. The van der Waals surface area contributed by atoms with Gasteiger partial charge in [0, 0.05) is 18.2 Å². The van der Waals surface area contributed by atoms with E-state index in [4.69, 9.17) is 13.9 Å². The highest BCUT2D eigenvalue weighted by Crippen LogP contribution is 2.50. The number of methoxy groups -OCH3 is 1. The van der Waals surface area contributed by atoms with Gasteiger partial charge in [-0.15, -0.1) is 11.3 Å². The molecule has 3 unspecified atom stereocenters. The van der Waals surface area contributed by atoms with E-state index >= 15 is 0 Å². The first-order chi connectivity index (χ1) is 21.0. The lowest BCUT2D eigenvalue weighted by Crippen LogP contribution is -2.43. The molecule has 2 heterocycles. The highest BCUT2D eigenvalue weighted by Gasteiger charge is 2.41. The third-order valence-corrected chi connectivity index (χ3v) is 11.2. The van der Waals surface area contributed by atoms with Gasteiger partial charge < -0.3 is 23.7 Å². The SMILES string of the molecule is CCC1CC2CC(COC(CN(C=O)c3sc(-c4ncco4)c(C)c3C(=O)N(C)C(C)(C)C)c3ccccc3OC)CC2C1. The maximum atomic E-state index is 14.0. The largest absolute Gasteiger partial charge is 0.496 e. The minimum Gasteiger partial charge on any atom is -0.496 e. The van der Waals surface area contributed by atoms with Crippen LogP contribution >= 0.6 is 11.3 Å². The highest BCUT2D eigenvalue weighted by atomic mass is 32.1. The molecule has 44 heavy (non-hydrogen) atoms. The van der Waals surface area contributed by atoms with Crippen molar-refractivity contribution in [2.45, 2.75) is 78.4 Å². The molecule has 0 N–H and O–H groups in total. The summed E-state index contributed by atoms with van der Waals surface area (Å²) in [5, 5.41) is 0.552. The third kappa shape index (κ3) is 6.59. The Balaban J connectivity index is 1.46. The van der Waals surface area contributed by atoms with Crippen LogP contribution in [0.25, 0.3) is 10.8 Å². The van der Waals surface area contributed by atoms with Crippen LogP contribution in [0.15, 0.2) is 41.1 Å². The van der Waals surface area contributed by atoms with E-state index in [2.05, 4.69) is 11.9 Å². The van der Waals surface area contributed by atoms with Gasteiger partial charge in [-0.25, -0.2) is 4.98 Å². The number of ether oxygens (including phenoxy) is 2. The van der Waals surface area contributed by atoms with E-state index in [1.54, 1.807) is 30.2 Å². The minimum absolute atomic E-state index is 0.163. The van der Waals surface area contributed by atoms with E-state index in [1.807, 2.05) is 52.0 Å². The molecule has 2 aliphatic rings. The first-order valence-electron chi connectivity index (χ1n) is 15.8. The normalized spacial score (nSPS) is 22.1. The molecule has 5 rings (SSSR count). The van der Waals surface area contributed by atoms with E-state index in [0.717, 1.165) is 40.2 Å². The van der Waals surface area contributed by atoms with E-state index in [0.29, 0.717) is 34.7 Å². The van der Waals surface area contributed by atoms with Crippen LogP contribution in [0.2, 0.25) is 0 Å². The molecule has 2 fully saturated rings. The zero-order valence-corrected chi connectivity index (χ0v) is 28.0. The van der Waals surface area contributed by atoms with Crippen LogP contribution in [-0.2, 0) is 9.53 Å². The summed E-state index contributed by atoms with van der Waals surface area (Å²) in [6, 6.07) is 7.82. The molecular weight excluding hydrogens is 574 g/mol. The number of nitrogens with zero attached hydrogens (tertiary/aromatic N) is 3. The van der Waals surface area contributed by atoms with Gasteiger partial charge in [0.15, 0.2) is 0 Å². The van der Waals surface area contributed by atoms with Crippen molar-refractivity contribution >= 4 is 28.7 Å². The number of oxazole rings is 1. The Morgan fingerprint density at radius 2 is 1.84 bits per heavy atom. The number of hydrogen-bond donors (Lipinski definition) is 0. The summed E-state index contributed by atoms with van der Waals surface area (Å²) in [5.74, 6) is 3.96. The topological polar surface area (TPSA) is 85.1 Å². The van der Waals surface area contributed by atoms with Crippen molar-refractivity contribution in [3.8, 4) is 16.5 Å². The molecule has 0 aliphatic heterocycles. The smallest absolute Gasteiger partial charge is 0.257 e. The van der Waals surface area contributed by atoms with Gasteiger partial charge in [0.2, 0.25) is 12.3 Å². The zero-order valence-electron chi connectivity index (χ0n) is 27.2. The van der Waals surface area contributed by atoms with Crippen molar-refractivity contribution in [3.63, 3.8) is 0 Å². The number of rotatable bonds is 12. The number of carbonyl (C=O) groups excluding carboxylic acids is 2. The second kappa shape index (κ2) is 13.4. The lowest BCUT2D eigenvalue weighted by molar-refractivity contribution is -0.108. The van der Waals surface area contributed by atoms with Gasteiger partial charge in [-0.1, -0.05) is 31.5 Å². The number of anilines is 1. The van der Waals surface area contributed by atoms with Gasteiger partial charge in [0.05, 0.1) is 36.9 Å². The quantitative estimate of drug-likeness (QED) is 0.192. The fourth-order valence-corrected chi connectivity index (χ4v) is 8.29. The average Bonchev–Trinajstić information content (AvgIpc) is 3.80. The number of hydrogen-bond acceptors (Lipinski definition) is 7. The molecule has 3 atom stereocenters. The second-order valence-corrected chi connectivity index (χ2v) is 14.5. The number of aromatic nitrogens is 1. The number of amides is 2. The Hall–Kier alpha value is -3.17. The molecule has 2 aliphatic carbocycles. The summed E-state index contributed by atoms with van der Waals surface area (Å²) < 4.78 is 18.1. The van der Waals surface area contributed by atoms with E-state index < -0.39 is 11.6 Å². The summed E-state index contributed by atoms with van der Waals surface area (Å²) in [4.78, 5) is 35.3. The lowest BCUT2D eigenvalue weighted by Gasteiger charge is -2.33. The van der Waals surface area contributed by atoms with Crippen LogP contribution in [0.4, 0.5) is 5.00 Å². The van der Waals surface area contributed by atoms with Gasteiger partial charge in [-0.3, -0.25) is 9.59 Å². The predicted octanol–water partition coefficient (Wildman–Crippen LogP) is 7.77. The zero-order chi connectivity index (χ0) is 31.6. The summed E-state index contributed by atoms with van der Waals surface area (Å²) in [6.45, 7) is 11.0. The molecule has 3 aromatic rings. The Morgan fingerprint density at radius 1 is 1.16 bits per heavy atom. The van der Waals surface area contributed by atoms with Crippen LogP contribution in [0.1, 0.15) is 87.4 Å². The number of thiophene rings is 1. The molecule has 0 bridgehead atoms. The number of carbonyl (C=O) groups is 2. The van der Waals surface area contributed by atoms with Crippen LogP contribution in [0.5, 0.6) is 5.75 Å². The average molecular weight is 622 g/mol. The van der Waals surface area contributed by atoms with Crippen molar-refractivity contribution in [2.24, 2.45) is 23.7 Å². The Morgan fingerprint density at radius 3 is 2.43 bits per heavy atom. The first-order valence-corrected chi connectivity index (χ1v) is 16.6. The number of para-hydroxylation sites is 1. The van der Waals surface area contributed by atoms with Crippen LogP contribution in [-0.4, -0.2) is 55.0 Å². The Bertz CT molecular complexity index is 1410. The van der Waals surface area contributed by atoms with Crippen LogP contribution in [0, 0.1) is 30.6 Å². The van der Waals surface area contributed by atoms with Gasteiger partial charge in [-0.2, -0.15) is 0 Å². The summed E-state index contributed by atoms with van der Waals surface area (Å²) >= 11 is 1.34. The van der Waals surface area contributed by atoms with E-state index in [9.17, 15) is 9.59 Å². The molecular formula is C35H47N3O5S. The maximum Gasteiger partial charge on any atom is 0.257 e. The van der Waals surface area contributed by atoms with Crippen LogP contribution < -0.4 is 9.64 Å². The third-order valence-electron chi connectivity index (χ3n) is 9.84. The van der Waals surface area contributed by atoms with Gasteiger partial charge in [0.1, 0.15) is 23.1 Å². The fraction of sp³-hybridized carbons (Fsp3) is 0.571. The number of fused-ring (bicyclic) bond motifs is 1. The Labute approximate surface area is 265 Å². The van der Waals surface area contributed by atoms with Crippen molar-refractivity contribution < 1.29 is 23.5 Å². The molecule has 8 nitrogen and oxygen atoms in total. The number of benzene rings is 1. The summed E-state index contributed by atoms with van der Waals surface area (Å²) in [5.41, 5.74) is 1.67. The molecule has 0 saturated heterocycles. The molecule has 238 valence electrons. The molecule has 2 amide bonds. The lowest BCUT2D eigenvalue weighted by atomic mass is 9.97. The minimum atomic E-state index is -0.448. The fourth-order valence-electron chi connectivity index (χ4n) is 7.08. The molecule has 9 heteroatoms. The van der Waals surface area contributed by atoms with Crippen molar-refractivity contribution in [2.75, 3.05) is 32.2 Å². The molecule has 2 saturated carbocycles. The van der Waals surface area contributed by atoms with Gasteiger partial charge in [-0.05, 0) is 88.7 Å². The van der Waals surface area contributed by atoms with Gasteiger partial charge in [0.25, 0.3) is 5.91 Å². The second-order valence-electron chi connectivity index (χ2n) is 13.5. The Kier molecular flexibility index (Phi) is 9.85. The highest BCUT2D eigenvalue weighted by molar-refractivity contribution is 7.20. The van der Waals surface area contributed by atoms with Crippen molar-refractivity contribution in [3.05, 3.63) is 53.4 Å². The molecule has 1 aromatic carbocycles.